The van der Waals surface area contributed by atoms with Gasteiger partial charge in [0.05, 0.1) is 36.3 Å². The zero-order chi connectivity index (χ0) is 27.2. The van der Waals surface area contributed by atoms with Crippen molar-refractivity contribution in [2.75, 3.05) is 30.1 Å². The fourth-order valence-electron chi connectivity index (χ4n) is 5.79. The van der Waals surface area contributed by atoms with Crippen LogP contribution in [-0.2, 0) is 25.5 Å². The Hall–Kier alpha value is -4.48. The van der Waals surface area contributed by atoms with E-state index in [4.69, 9.17) is 9.47 Å². The Kier molecular flexibility index (Phi) is 6.25. The predicted molar refractivity (Wildman–Crippen MR) is 134 cm³/mol. The van der Waals surface area contributed by atoms with Crippen LogP contribution < -0.4 is 19.9 Å². The lowest BCUT2D eigenvalue weighted by atomic mass is 9.64. The molecule has 3 aliphatic rings. The van der Waals surface area contributed by atoms with Crippen LogP contribution in [0, 0.1) is 21.4 Å². The van der Waals surface area contributed by atoms with E-state index >= 15 is 0 Å². The highest BCUT2D eigenvalue weighted by Crippen LogP contribution is 2.49. The van der Waals surface area contributed by atoms with Crippen LogP contribution in [0.3, 0.4) is 0 Å². The topological polar surface area (TPSA) is 148 Å². The van der Waals surface area contributed by atoms with E-state index in [9.17, 15) is 29.3 Å². The van der Waals surface area contributed by atoms with Gasteiger partial charge in [0.15, 0.2) is 5.41 Å². The number of carbonyl (C=O) groups is 4. The number of nitrogens with one attached hydrogen (secondary N) is 1. The van der Waals surface area contributed by atoms with E-state index in [0.717, 1.165) is 4.90 Å². The molecule has 2 aromatic carbocycles. The van der Waals surface area contributed by atoms with E-state index in [1.165, 1.54) is 31.4 Å². The van der Waals surface area contributed by atoms with Crippen molar-refractivity contribution < 1.29 is 33.6 Å². The average molecular weight is 523 g/mol. The van der Waals surface area contributed by atoms with Crippen molar-refractivity contribution in [3.05, 3.63) is 58.1 Å². The van der Waals surface area contributed by atoms with Crippen LogP contribution in [0.25, 0.3) is 0 Å². The SMILES string of the molecule is CCOC(=O)[C@H]1CCN2c3ccc([N+](=O)[O-])cc3C[C@]3(C(=O)NC(=O)N(c4ccc(OC)cc4)C3=O)[C@@H]2C1. The minimum Gasteiger partial charge on any atom is -0.497 e. The van der Waals surface area contributed by atoms with Gasteiger partial charge in [-0.05, 0) is 55.7 Å². The van der Waals surface area contributed by atoms with E-state index in [1.807, 2.05) is 4.90 Å². The number of ether oxygens (including phenoxy) is 2. The Bertz CT molecular complexity index is 1340. The molecule has 1 N–H and O–H groups in total. The van der Waals surface area contributed by atoms with Crippen LogP contribution in [-0.4, -0.2) is 55.0 Å². The van der Waals surface area contributed by atoms with Crippen LogP contribution in [0.4, 0.5) is 21.9 Å². The summed E-state index contributed by atoms with van der Waals surface area (Å²) >= 11 is 0. The molecular weight excluding hydrogens is 496 g/mol. The maximum absolute atomic E-state index is 14.3. The van der Waals surface area contributed by atoms with Crippen LogP contribution >= 0.6 is 0 Å². The molecule has 5 rings (SSSR count). The standard InChI is InChI=1S/C26H26N4O8/c1-3-38-22(31)15-10-11-28-20-9-6-18(30(35)36)12-16(20)14-26(21(28)13-15)23(32)27-25(34)29(24(26)33)17-4-7-19(37-2)8-5-17/h4-9,12,15,21H,3,10-11,13-14H2,1-2H3,(H,27,32,34)/t15-,21-,26+/m0/s1. The maximum atomic E-state index is 14.3. The highest BCUT2D eigenvalue weighted by atomic mass is 16.6. The Balaban J connectivity index is 1.64. The molecule has 2 aromatic rings. The van der Waals surface area contributed by atoms with Gasteiger partial charge in [0.2, 0.25) is 5.91 Å². The summed E-state index contributed by atoms with van der Waals surface area (Å²) in [7, 11) is 1.48. The molecule has 0 unspecified atom stereocenters. The third-order valence-corrected chi connectivity index (χ3v) is 7.59. The zero-order valence-electron chi connectivity index (χ0n) is 20.8. The minimum atomic E-state index is -1.82. The summed E-state index contributed by atoms with van der Waals surface area (Å²) in [4.78, 5) is 67.4. The van der Waals surface area contributed by atoms with Gasteiger partial charge in [-0.1, -0.05) is 0 Å². The van der Waals surface area contributed by atoms with E-state index < -0.39 is 46.1 Å². The predicted octanol–water partition coefficient (Wildman–Crippen LogP) is 2.58. The summed E-state index contributed by atoms with van der Waals surface area (Å²) in [5.41, 5.74) is -0.666. The highest BCUT2D eigenvalue weighted by Gasteiger charge is 2.63. The van der Waals surface area contributed by atoms with Crippen molar-refractivity contribution in [2.24, 2.45) is 11.3 Å². The summed E-state index contributed by atoms with van der Waals surface area (Å²) in [5.74, 6) is -2.01. The number of carbonyl (C=O) groups excluding carboxylic acids is 4. The number of rotatable bonds is 5. The van der Waals surface area contributed by atoms with Crippen LogP contribution in [0.2, 0.25) is 0 Å². The number of esters is 1. The second kappa shape index (κ2) is 9.43. The summed E-state index contributed by atoms with van der Waals surface area (Å²) in [5, 5.41) is 13.8. The number of methoxy groups -OCH3 is 1. The quantitative estimate of drug-likeness (QED) is 0.271. The van der Waals surface area contributed by atoms with Gasteiger partial charge in [-0.3, -0.25) is 29.8 Å². The smallest absolute Gasteiger partial charge is 0.335 e. The van der Waals surface area contributed by atoms with Crippen molar-refractivity contribution in [3.63, 3.8) is 0 Å². The number of barbiturate groups is 1. The third kappa shape index (κ3) is 3.83. The van der Waals surface area contributed by atoms with Crippen molar-refractivity contribution in [1.29, 1.82) is 0 Å². The molecule has 0 bridgehead atoms. The number of piperidine rings is 1. The summed E-state index contributed by atoms with van der Waals surface area (Å²) in [6, 6.07) is 8.88. The first kappa shape index (κ1) is 25.2. The lowest BCUT2D eigenvalue weighted by Crippen LogP contribution is -2.73. The van der Waals surface area contributed by atoms with Crippen LogP contribution in [0.1, 0.15) is 25.3 Å². The molecule has 1 spiro atoms. The van der Waals surface area contributed by atoms with E-state index in [1.54, 1.807) is 25.1 Å². The van der Waals surface area contributed by atoms with Crippen molar-refractivity contribution in [1.82, 2.24) is 5.32 Å². The molecule has 12 heteroatoms. The second-order valence-corrected chi connectivity index (χ2v) is 9.50. The molecule has 198 valence electrons. The second-order valence-electron chi connectivity index (χ2n) is 9.50. The monoisotopic (exact) mass is 522 g/mol. The first-order valence-corrected chi connectivity index (χ1v) is 12.3. The number of nitro groups is 1. The highest BCUT2D eigenvalue weighted by molar-refractivity contribution is 6.30. The number of imide groups is 2. The van der Waals surface area contributed by atoms with Crippen LogP contribution in [0.15, 0.2) is 42.5 Å². The molecule has 12 nitrogen and oxygen atoms in total. The Labute approximate surface area is 217 Å². The molecule has 0 radical (unpaired) electrons. The molecule has 4 amide bonds. The Morgan fingerprint density at radius 1 is 1.18 bits per heavy atom. The number of anilines is 2. The van der Waals surface area contributed by atoms with Gasteiger partial charge in [0, 0.05) is 30.8 Å². The normalized spacial score (nSPS) is 24.4. The first-order chi connectivity index (χ1) is 18.2. The molecule has 0 aromatic heterocycles. The number of non-ortho nitro benzene ring substituents is 1. The molecular formula is C26H26N4O8. The number of urea groups is 1. The lowest BCUT2D eigenvalue weighted by molar-refractivity contribution is -0.384. The maximum Gasteiger partial charge on any atom is 0.335 e. The molecule has 0 saturated carbocycles. The molecule has 0 aliphatic carbocycles. The van der Waals surface area contributed by atoms with E-state index in [0.29, 0.717) is 30.0 Å². The fourth-order valence-corrected chi connectivity index (χ4v) is 5.79. The van der Waals surface area contributed by atoms with E-state index in [-0.39, 0.29) is 30.8 Å². The van der Waals surface area contributed by atoms with Gasteiger partial charge < -0.3 is 14.4 Å². The molecule has 3 heterocycles. The molecule has 3 aliphatic heterocycles. The van der Waals surface area contributed by atoms with Gasteiger partial charge in [-0.2, -0.15) is 0 Å². The zero-order valence-corrected chi connectivity index (χ0v) is 20.8. The fraction of sp³-hybridized carbons (Fsp3) is 0.385. The number of nitrogens with zero attached hydrogens (tertiary/aromatic N) is 3. The summed E-state index contributed by atoms with van der Waals surface area (Å²) in [6.45, 7) is 2.22. The van der Waals surface area contributed by atoms with Gasteiger partial charge in [-0.25, -0.2) is 9.69 Å². The third-order valence-electron chi connectivity index (χ3n) is 7.59. The number of hydrogen-bond donors (Lipinski definition) is 1. The summed E-state index contributed by atoms with van der Waals surface area (Å²) < 4.78 is 10.4. The number of nitro benzene ring substituents is 1. The number of fused-ring (bicyclic) bond motifs is 4. The number of benzene rings is 2. The van der Waals surface area contributed by atoms with E-state index in [2.05, 4.69) is 5.32 Å². The van der Waals surface area contributed by atoms with Gasteiger partial charge >= 0.3 is 12.0 Å². The Morgan fingerprint density at radius 2 is 1.92 bits per heavy atom. The van der Waals surface area contributed by atoms with Gasteiger partial charge in [0.25, 0.3) is 11.6 Å². The molecule has 2 saturated heterocycles. The number of amides is 4. The first-order valence-electron chi connectivity index (χ1n) is 12.3. The number of hydrogen-bond acceptors (Lipinski definition) is 9. The van der Waals surface area contributed by atoms with Gasteiger partial charge in [0.1, 0.15) is 5.75 Å². The van der Waals surface area contributed by atoms with Crippen molar-refractivity contribution in [2.45, 2.75) is 32.2 Å². The van der Waals surface area contributed by atoms with Crippen LogP contribution in [0.5, 0.6) is 5.75 Å². The molecule has 3 atom stereocenters. The largest absolute Gasteiger partial charge is 0.497 e. The molecule has 2 fully saturated rings. The lowest BCUT2D eigenvalue weighted by Gasteiger charge is -2.54. The average Bonchev–Trinajstić information content (AvgIpc) is 2.91. The summed E-state index contributed by atoms with van der Waals surface area (Å²) in [6.07, 6.45) is 0.378. The van der Waals surface area contributed by atoms with Crippen molar-refractivity contribution >= 4 is 40.9 Å². The van der Waals surface area contributed by atoms with Gasteiger partial charge in [-0.15, -0.1) is 0 Å². The Morgan fingerprint density at radius 3 is 2.58 bits per heavy atom. The molecule has 38 heavy (non-hydrogen) atoms. The minimum absolute atomic E-state index is 0.138. The van der Waals surface area contributed by atoms with Crippen molar-refractivity contribution in [3.8, 4) is 5.75 Å².